The van der Waals surface area contributed by atoms with Gasteiger partial charge < -0.3 is 0 Å². The second-order valence-electron chi connectivity index (χ2n) is 3.37. The molecule has 0 aliphatic carbocycles. The zero-order valence-electron chi connectivity index (χ0n) is 8.87. The summed E-state index contributed by atoms with van der Waals surface area (Å²) in [5.41, 5.74) is 0. The summed E-state index contributed by atoms with van der Waals surface area (Å²) in [6.07, 6.45) is 2.16. The van der Waals surface area contributed by atoms with E-state index in [9.17, 15) is 8.42 Å². The first kappa shape index (κ1) is 13.9. The first-order chi connectivity index (χ1) is 7.36. The quantitative estimate of drug-likeness (QED) is 0.865. The molecule has 0 aromatic carbocycles. The smallest absolute Gasteiger partial charge is 0.242 e. The molecule has 0 saturated carbocycles. The normalized spacial score (nSPS) is 13.8. The van der Waals surface area contributed by atoms with Gasteiger partial charge in [-0.05, 0) is 35.3 Å². The molecular weight excluding hydrogens is 316 g/mol. The Kier molecular flexibility index (Phi) is 4.73. The van der Waals surface area contributed by atoms with Gasteiger partial charge in [0, 0.05) is 16.7 Å². The van der Waals surface area contributed by atoms with E-state index in [0.717, 1.165) is 0 Å². The molecule has 1 aromatic heterocycles. The summed E-state index contributed by atoms with van der Waals surface area (Å²) in [6, 6.07) is 1.29. The Bertz CT molecular complexity index is 478. The van der Waals surface area contributed by atoms with Crippen LogP contribution >= 0.6 is 27.5 Å². The molecular formula is C9H12BrClN2O2S. The molecule has 1 heterocycles. The van der Waals surface area contributed by atoms with Crippen LogP contribution in [-0.4, -0.2) is 19.4 Å². The molecule has 0 aliphatic rings. The third-order valence-corrected chi connectivity index (χ3v) is 4.48. The highest BCUT2D eigenvalue weighted by molar-refractivity contribution is 9.10. The van der Waals surface area contributed by atoms with E-state index >= 15 is 0 Å². The Morgan fingerprint density at radius 3 is 2.81 bits per heavy atom. The number of nitrogens with zero attached hydrogens (tertiary/aromatic N) is 1. The molecule has 0 saturated heterocycles. The molecule has 1 aromatic rings. The summed E-state index contributed by atoms with van der Waals surface area (Å²) in [7, 11) is -3.60. The average Bonchev–Trinajstić information content (AvgIpc) is 2.20. The average molecular weight is 328 g/mol. The summed E-state index contributed by atoms with van der Waals surface area (Å²) < 4.78 is 26.9. The van der Waals surface area contributed by atoms with E-state index in [0.29, 0.717) is 10.9 Å². The zero-order chi connectivity index (χ0) is 12.3. The van der Waals surface area contributed by atoms with E-state index in [1.165, 1.54) is 12.3 Å². The van der Waals surface area contributed by atoms with Gasteiger partial charge >= 0.3 is 0 Å². The maximum Gasteiger partial charge on any atom is 0.243 e. The number of hydrogen-bond donors (Lipinski definition) is 1. The van der Waals surface area contributed by atoms with Crippen molar-refractivity contribution in [2.45, 2.75) is 31.2 Å². The lowest BCUT2D eigenvalue weighted by atomic mass is 10.3. The van der Waals surface area contributed by atoms with Crippen molar-refractivity contribution in [1.29, 1.82) is 0 Å². The van der Waals surface area contributed by atoms with Crippen molar-refractivity contribution in [2.24, 2.45) is 0 Å². The summed E-state index contributed by atoms with van der Waals surface area (Å²) in [6.45, 7) is 3.69. The minimum Gasteiger partial charge on any atom is -0.242 e. The molecule has 0 amide bonds. The lowest BCUT2D eigenvalue weighted by molar-refractivity contribution is 0.555. The van der Waals surface area contributed by atoms with Gasteiger partial charge in [-0.2, -0.15) is 0 Å². The largest absolute Gasteiger partial charge is 0.243 e. The topological polar surface area (TPSA) is 59.1 Å². The molecule has 0 aliphatic heterocycles. The Morgan fingerprint density at radius 2 is 2.25 bits per heavy atom. The number of nitrogens with one attached hydrogen (secondary N) is 1. The van der Waals surface area contributed by atoms with Crippen LogP contribution in [0.5, 0.6) is 0 Å². The number of halogens is 2. The third kappa shape index (κ3) is 3.41. The first-order valence-corrected chi connectivity index (χ1v) is 7.35. The fourth-order valence-corrected chi connectivity index (χ4v) is 3.27. The SMILES string of the molecule is CCC(C)NS(=O)(=O)c1cc(Br)cnc1Cl. The molecule has 0 bridgehead atoms. The minimum atomic E-state index is -3.60. The van der Waals surface area contributed by atoms with Crippen LogP contribution in [0.2, 0.25) is 5.15 Å². The zero-order valence-corrected chi connectivity index (χ0v) is 12.0. The van der Waals surface area contributed by atoms with Gasteiger partial charge in [0.1, 0.15) is 10.0 Å². The predicted octanol–water partition coefficient (Wildman–Crippen LogP) is 2.57. The number of aromatic nitrogens is 1. The molecule has 90 valence electrons. The van der Waals surface area contributed by atoms with Gasteiger partial charge in [0.15, 0.2) is 0 Å². The summed E-state index contributed by atoms with van der Waals surface area (Å²) in [4.78, 5) is 3.77. The molecule has 4 nitrogen and oxygen atoms in total. The van der Waals surface area contributed by atoms with E-state index in [2.05, 4.69) is 25.6 Å². The van der Waals surface area contributed by atoms with Gasteiger partial charge in [-0.15, -0.1) is 0 Å². The predicted molar refractivity (Wildman–Crippen MR) is 67.0 cm³/mol. The lowest BCUT2D eigenvalue weighted by Crippen LogP contribution is -2.32. The van der Waals surface area contributed by atoms with Gasteiger partial charge in [-0.1, -0.05) is 18.5 Å². The van der Waals surface area contributed by atoms with Crippen molar-refractivity contribution in [2.75, 3.05) is 0 Å². The standard InChI is InChI=1S/C9H12BrClN2O2S/c1-3-6(2)13-16(14,15)8-4-7(10)5-12-9(8)11/h4-6,13H,3H2,1-2H3. The highest BCUT2D eigenvalue weighted by atomic mass is 79.9. The molecule has 1 N–H and O–H groups in total. The highest BCUT2D eigenvalue weighted by Crippen LogP contribution is 2.22. The van der Waals surface area contributed by atoms with Gasteiger partial charge in [0.25, 0.3) is 0 Å². The van der Waals surface area contributed by atoms with Crippen molar-refractivity contribution in [3.63, 3.8) is 0 Å². The van der Waals surface area contributed by atoms with E-state index in [-0.39, 0.29) is 16.1 Å². The van der Waals surface area contributed by atoms with Crippen molar-refractivity contribution in [3.8, 4) is 0 Å². The van der Waals surface area contributed by atoms with Crippen molar-refractivity contribution >= 4 is 37.6 Å². The van der Waals surface area contributed by atoms with Crippen LogP contribution in [-0.2, 0) is 10.0 Å². The van der Waals surface area contributed by atoms with Crippen molar-refractivity contribution in [3.05, 3.63) is 21.9 Å². The Hall–Kier alpha value is -0.170. The lowest BCUT2D eigenvalue weighted by Gasteiger charge is -2.12. The van der Waals surface area contributed by atoms with E-state index in [4.69, 9.17) is 11.6 Å². The number of pyridine rings is 1. The molecule has 1 rings (SSSR count). The van der Waals surface area contributed by atoms with Crippen LogP contribution in [0, 0.1) is 0 Å². The fourth-order valence-electron chi connectivity index (χ4n) is 1.00. The highest BCUT2D eigenvalue weighted by Gasteiger charge is 2.20. The Labute approximate surface area is 109 Å². The minimum absolute atomic E-state index is 0.0103. The van der Waals surface area contributed by atoms with Crippen molar-refractivity contribution in [1.82, 2.24) is 9.71 Å². The van der Waals surface area contributed by atoms with Crippen LogP contribution in [0.1, 0.15) is 20.3 Å². The molecule has 7 heteroatoms. The second-order valence-corrected chi connectivity index (χ2v) is 6.33. The maximum atomic E-state index is 11.9. The summed E-state index contributed by atoms with van der Waals surface area (Å²) in [5.74, 6) is 0. The number of hydrogen-bond acceptors (Lipinski definition) is 3. The van der Waals surface area contributed by atoms with Gasteiger partial charge in [0.2, 0.25) is 10.0 Å². The maximum absolute atomic E-state index is 11.9. The number of rotatable bonds is 4. The first-order valence-electron chi connectivity index (χ1n) is 4.70. The molecule has 1 atom stereocenters. The summed E-state index contributed by atoms with van der Waals surface area (Å²) >= 11 is 8.91. The van der Waals surface area contributed by atoms with Gasteiger partial charge in [0.05, 0.1) is 0 Å². The number of sulfonamides is 1. The molecule has 16 heavy (non-hydrogen) atoms. The second kappa shape index (κ2) is 5.44. The van der Waals surface area contributed by atoms with Crippen LogP contribution < -0.4 is 4.72 Å². The Balaban J connectivity index is 3.12. The van der Waals surface area contributed by atoms with Crippen LogP contribution in [0.3, 0.4) is 0 Å². The molecule has 1 unspecified atom stereocenters. The van der Waals surface area contributed by atoms with Crippen molar-refractivity contribution < 1.29 is 8.42 Å². The molecule has 0 spiro atoms. The molecule has 0 radical (unpaired) electrons. The van der Waals surface area contributed by atoms with Crippen LogP contribution in [0.15, 0.2) is 21.6 Å². The Morgan fingerprint density at radius 1 is 1.62 bits per heavy atom. The van der Waals surface area contributed by atoms with E-state index in [1.807, 2.05) is 6.92 Å². The molecule has 0 fully saturated rings. The third-order valence-electron chi connectivity index (χ3n) is 2.03. The summed E-state index contributed by atoms with van der Waals surface area (Å²) in [5, 5.41) is -0.0287. The van der Waals surface area contributed by atoms with Gasteiger partial charge in [-0.25, -0.2) is 18.1 Å². The van der Waals surface area contributed by atoms with Crippen LogP contribution in [0.4, 0.5) is 0 Å². The van der Waals surface area contributed by atoms with Gasteiger partial charge in [-0.3, -0.25) is 0 Å². The van der Waals surface area contributed by atoms with Crippen LogP contribution in [0.25, 0.3) is 0 Å². The fraction of sp³-hybridized carbons (Fsp3) is 0.444. The monoisotopic (exact) mass is 326 g/mol. The van der Waals surface area contributed by atoms with E-state index in [1.54, 1.807) is 6.92 Å². The van der Waals surface area contributed by atoms with E-state index < -0.39 is 10.0 Å².